The number of aryl methyl sites for hydroxylation is 1. The summed E-state index contributed by atoms with van der Waals surface area (Å²) in [5.41, 5.74) is 2.20. The highest BCUT2D eigenvalue weighted by atomic mass is 19.1. The molecular formula is C16H17FN4. The highest BCUT2D eigenvalue weighted by Crippen LogP contribution is 2.31. The summed E-state index contributed by atoms with van der Waals surface area (Å²) < 4.78 is 16.0. The summed E-state index contributed by atoms with van der Waals surface area (Å²) in [5.74, 6) is 0.170. The molecule has 1 aromatic carbocycles. The topological polar surface area (TPSA) is 44.9 Å². The van der Waals surface area contributed by atoms with Crippen LogP contribution in [0.25, 0.3) is 0 Å². The number of piperidine rings is 1. The van der Waals surface area contributed by atoms with Crippen LogP contribution < -0.4 is 4.90 Å². The first-order valence-electron chi connectivity index (χ1n) is 7.11. The van der Waals surface area contributed by atoms with Crippen molar-refractivity contribution in [3.8, 4) is 6.07 Å². The Morgan fingerprint density at radius 3 is 2.62 bits per heavy atom. The third-order valence-electron chi connectivity index (χ3n) is 4.19. The summed E-state index contributed by atoms with van der Waals surface area (Å²) in [6.45, 7) is 1.64. The average Bonchev–Trinajstić information content (AvgIpc) is 2.93. The third-order valence-corrected chi connectivity index (χ3v) is 4.19. The van der Waals surface area contributed by atoms with E-state index in [0.29, 0.717) is 17.2 Å². The quantitative estimate of drug-likeness (QED) is 0.852. The first-order chi connectivity index (χ1) is 10.2. The molecule has 4 nitrogen and oxygen atoms in total. The number of hydrogen-bond donors (Lipinski definition) is 0. The van der Waals surface area contributed by atoms with E-state index in [-0.39, 0.29) is 5.82 Å². The second-order valence-electron chi connectivity index (χ2n) is 5.42. The molecule has 5 heteroatoms. The van der Waals surface area contributed by atoms with Crippen molar-refractivity contribution in [2.24, 2.45) is 7.05 Å². The Morgan fingerprint density at radius 2 is 2.05 bits per heavy atom. The van der Waals surface area contributed by atoms with Crippen molar-refractivity contribution in [2.45, 2.75) is 18.8 Å². The molecule has 108 valence electrons. The minimum Gasteiger partial charge on any atom is -0.369 e. The second-order valence-corrected chi connectivity index (χ2v) is 5.42. The van der Waals surface area contributed by atoms with Crippen LogP contribution in [0.4, 0.5) is 10.1 Å². The van der Waals surface area contributed by atoms with Crippen molar-refractivity contribution >= 4 is 5.69 Å². The molecule has 0 bridgehead atoms. The van der Waals surface area contributed by atoms with Gasteiger partial charge in [-0.05, 0) is 37.1 Å². The smallest absolute Gasteiger partial charge is 0.147 e. The number of hydrogen-bond acceptors (Lipinski definition) is 3. The van der Waals surface area contributed by atoms with Crippen molar-refractivity contribution in [3.05, 3.63) is 47.5 Å². The first-order valence-corrected chi connectivity index (χ1v) is 7.11. The summed E-state index contributed by atoms with van der Waals surface area (Å²) in [4.78, 5) is 2.06. The highest BCUT2D eigenvalue weighted by Gasteiger charge is 2.24. The van der Waals surface area contributed by atoms with E-state index >= 15 is 0 Å². The molecule has 2 aromatic rings. The molecule has 0 atom stereocenters. The molecule has 1 aliphatic heterocycles. The fraction of sp³-hybridized carbons (Fsp3) is 0.375. The number of anilines is 1. The van der Waals surface area contributed by atoms with Gasteiger partial charge in [-0.3, -0.25) is 4.68 Å². The zero-order valence-corrected chi connectivity index (χ0v) is 12.0. The van der Waals surface area contributed by atoms with E-state index in [1.54, 1.807) is 12.1 Å². The van der Waals surface area contributed by atoms with E-state index < -0.39 is 0 Å². The summed E-state index contributed by atoms with van der Waals surface area (Å²) in [6.07, 6.45) is 3.79. The van der Waals surface area contributed by atoms with Crippen molar-refractivity contribution in [1.29, 1.82) is 5.26 Å². The van der Waals surface area contributed by atoms with Crippen LogP contribution in [0.5, 0.6) is 0 Å². The molecule has 0 radical (unpaired) electrons. The van der Waals surface area contributed by atoms with Crippen molar-refractivity contribution in [1.82, 2.24) is 9.78 Å². The first kappa shape index (κ1) is 13.6. The van der Waals surface area contributed by atoms with E-state index in [1.165, 1.54) is 11.8 Å². The van der Waals surface area contributed by atoms with Gasteiger partial charge in [0.2, 0.25) is 0 Å². The molecule has 0 spiro atoms. The molecule has 0 unspecified atom stereocenters. The normalized spacial score (nSPS) is 16.0. The maximum absolute atomic E-state index is 14.0. The monoisotopic (exact) mass is 284 g/mol. The SMILES string of the molecule is Cn1nccc1C1CCN(c2ccc(C#N)cc2F)CC1. The number of aromatic nitrogens is 2. The van der Waals surface area contributed by atoms with Crippen LogP contribution in [-0.4, -0.2) is 22.9 Å². The lowest BCUT2D eigenvalue weighted by molar-refractivity contribution is 0.472. The predicted molar refractivity (Wildman–Crippen MR) is 78.5 cm³/mol. The Bertz CT molecular complexity index is 678. The number of rotatable bonds is 2. The van der Waals surface area contributed by atoms with E-state index in [4.69, 9.17) is 5.26 Å². The van der Waals surface area contributed by atoms with E-state index in [1.807, 2.05) is 24.0 Å². The molecule has 0 aliphatic carbocycles. The third kappa shape index (κ3) is 2.62. The molecular weight excluding hydrogens is 267 g/mol. The number of benzene rings is 1. The fourth-order valence-electron chi connectivity index (χ4n) is 3.03. The Labute approximate surface area is 123 Å². The Morgan fingerprint density at radius 1 is 1.29 bits per heavy atom. The molecule has 1 aliphatic rings. The van der Waals surface area contributed by atoms with Gasteiger partial charge in [-0.15, -0.1) is 0 Å². The van der Waals surface area contributed by atoms with E-state index in [9.17, 15) is 4.39 Å². The molecule has 1 fully saturated rings. The van der Waals surface area contributed by atoms with Crippen LogP contribution in [0.2, 0.25) is 0 Å². The van der Waals surface area contributed by atoms with Crippen LogP contribution in [0.15, 0.2) is 30.5 Å². The molecule has 1 saturated heterocycles. The molecule has 1 aromatic heterocycles. The predicted octanol–water partition coefficient (Wildman–Crippen LogP) is 2.81. The molecule has 3 rings (SSSR count). The molecule has 21 heavy (non-hydrogen) atoms. The lowest BCUT2D eigenvalue weighted by atomic mass is 9.93. The van der Waals surface area contributed by atoms with Gasteiger partial charge < -0.3 is 4.90 Å². The Kier molecular flexibility index (Phi) is 3.61. The van der Waals surface area contributed by atoms with Crippen molar-refractivity contribution in [2.75, 3.05) is 18.0 Å². The van der Waals surface area contributed by atoms with Gasteiger partial charge in [0.25, 0.3) is 0 Å². The van der Waals surface area contributed by atoms with E-state index in [0.717, 1.165) is 25.9 Å². The van der Waals surface area contributed by atoms with Crippen LogP contribution >= 0.6 is 0 Å². The van der Waals surface area contributed by atoms with E-state index in [2.05, 4.69) is 16.1 Å². The van der Waals surface area contributed by atoms with Crippen molar-refractivity contribution in [3.63, 3.8) is 0 Å². The lowest BCUT2D eigenvalue weighted by Crippen LogP contribution is -2.34. The van der Waals surface area contributed by atoms with Gasteiger partial charge in [-0.25, -0.2) is 4.39 Å². The maximum Gasteiger partial charge on any atom is 0.147 e. The highest BCUT2D eigenvalue weighted by molar-refractivity contribution is 5.51. The molecule has 0 amide bonds. The number of nitriles is 1. The summed E-state index contributed by atoms with van der Waals surface area (Å²) in [6, 6.07) is 8.71. The van der Waals surface area contributed by atoms with Gasteiger partial charge in [0, 0.05) is 37.9 Å². The lowest BCUT2D eigenvalue weighted by Gasteiger charge is -2.33. The van der Waals surface area contributed by atoms with Gasteiger partial charge in [-0.1, -0.05) is 0 Å². The largest absolute Gasteiger partial charge is 0.369 e. The minimum absolute atomic E-state index is 0.312. The van der Waals surface area contributed by atoms with Crippen LogP contribution in [-0.2, 0) is 7.05 Å². The van der Waals surface area contributed by atoms with Gasteiger partial charge in [0.1, 0.15) is 5.82 Å². The molecule has 0 N–H and O–H groups in total. The average molecular weight is 284 g/mol. The summed E-state index contributed by atoms with van der Waals surface area (Å²) >= 11 is 0. The molecule has 2 heterocycles. The number of halogens is 1. The van der Waals surface area contributed by atoms with Gasteiger partial charge >= 0.3 is 0 Å². The summed E-state index contributed by atoms with van der Waals surface area (Å²) in [5, 5.41) is 13.0. The Hall–Kier alpha value is -2.35. The Balaban J connectivity index is 1.72. The van der Waals surface area contributed by atoms with Crippen molar-refractivity contribution < 1.29 is 4.39 Å². The van der Waals surface area contributed by atoms with Gasteiger partial charge in [0.05, 0.1) is 17.3 Å². The van der Waals surface area contributed by atoms with Crippen LogP contribution in [0.1, 0.15) is 30.0 Å². The zero-order chi connectivity index (χ0) is 14.8. The van der Waals surface area contributed by atoms with Crippen LogP contribution in [0.3, 0.4) is 0 Å². The number of nitrogens with zero attached hydrogens (tertiary/aromatic N) is 4. The van der Waals surface area contributed by atoms with Gasteiger partial charge in [0.15, 0.2) is 0 Å². The minimum atomic E-state index is -0.312. The van der Waals surface area contributed by atoms with Crippen LogP contribution in [0, 0.1) is 17.1 Å². The maximum atomic E-state index is 14.0. The van der Waals surface area contributed by atoms with Gasteiger partial charge in [-0.2, -0.15) is 10.4 Å². The molecule has 0 saturated carbocycles. The summed E-state index contributed by atoms with van der Waals surface area (Å²) in [7, 11) is 1.96. The second kappa shape index (κ2) is 5.57. The standard InChI is InChI=1S/C16H17FN4/c1-20-15(4-7-19-20)13-5-8-21(9-6-13)16-3-2-12(11-18)10-14(16)17/h2-4,7,10,13H,5-6,8-9H2,1H3. The zero-order valence-electron chi connectivity index (χ0n) is 12.0. The fourth-order valence-corrected chi connectivity index (χ4v) is 3.03.